The number of carbonyl (C=O) groups is 2. The number of anilines is 1. The van der Waals surface area contributed by atoms with Crippen molar-refractivity contribution in [2.45, 2.75) is 25.8 Å². The highest BCUT2D eigenvalue weighted by Gasteiger charge is 2.17. The number of ether oxygens (including phenoxy) is 1. The van der Waals surface area contributed by atoms with Crippen molar-refractivity contribution < 1.29 is 19.4 Å². The topological polar surface area (TPSA) is 102 Å². The lowest BCUT2D eigenvalue weighted by molar-refractivity contribution is -0.138. The number of nitrogens with one attached hydrogen (secondary N) is 1. The number of amides is 1. The maximum atomic E-state index is 11.2. The first-order valence-electron chi connectivity index (χ1n) is 6.34. The number of benzene rings is 1. The molecule has 20 heavy (non-hydrogen) atoms. The lowest BCUT2D eigenvalue weighted by Crippen LogP contribution is -2.29. The minimum absolute atomic E-state index is 0.432. The summed E-state index contributed by atoms with van der Waals surface area (Å²) in [4.78, 5) is 22.3. The molecule has 4 N–H and O–H groups in total. The minimum atomic E-state index is -0.919. The molecule has 0 aliphatic heterocycles. The summed E-state index contributed by atoms with van der Waals surface area (Å²) in [5.41, 5.74) is 7.02. The molecular formula is C14H20N2O4. The Morgan fingerprint density at radius 2 is 2.15 bits per heavy atom. The summed E-state index contributed by atoms with van der Waals surface area (Å²) < 4.78 is 4.91. The predicted molar refractivity (Wildman–Crippen MR) is 75.9 cm³/mol. The van der Waals surface area contributed by atoms with E-state index in [1.807, 2.05) is 0 Å². The lowest BCUT2D eigenvalue weighted by Gasteiger charge is -2.16. The van der Waals surface area contributed by atoms with Gasteiger partial charge in [-0.25, -0.2) is 4.79 Å². The molecule has 1 atom stereocenters. The number of carboxylic acids is 1. The molecule has 1 aromatic rings. The van der Waals surface area contributed by atoms with Crippen LogP contribution < -0.4 is 11.1 Å². The van der Waals surface area contributed by atoms with E-state index in [0.717, 1.165) is 0 Å². The van der Waals surface area contributed by atoms with Gasteiger partial charge in [0.25, 0.3) is 0 Å². The van der Waals surface area contributed by atoms with E-state index in [1.54, 1.807) is 32.2 Å². The Morgan fingerprint density at radius 1 is 1.45 bits per heavy atom. The molecule has 0 saturated carbocycles. The predicted octanol–water partition coefficient (Wildman–Crippen LogP) is 1.39. The van der Waals surface area contributed by atoms with Gasteiger partial charge in [-0.15, -0.1) is 0 Å². The van der Waals surface area contributed by atoms with Gasteiger partial charge in [0, 0.05) is 25.0 Å². The molecule has 0 saturated heterocycles. The summed E-state index contributed by atoms with van der Waals surface area (Å²) in [5.74, 6) is -1.42. The molecule has 1 amide bonds. The fourth-order valence-electron chi connectivity index (χ4n) is 1.92. The van der Waals surface area contributed by atoms with Crippen molar-refractivity contribution in [1.29, 1.82) is 0 Å². The first-order valence-corrected chi connectivity index (χ1v) is 6.34. The number of rotatable bonds is 8. The summed E-state index contributed by atoms with van der Waals surface area (Å²) in [5, 5.41) is 12.1. The third-order valence-corrected chi connectivity index (χ3v) is 2.97. The Balaban J connectivity index is 2.76. The number of aryl methyl sites for hydroxylation is 1. The van der Waals surface area contributed by atoms with Crippen molar-refractivity contribution in [1.82, 2.24) is 0 Å². The Kier molecular flexibility index (Phi) is 5.99. The van der Waals surface area contributed by atoms with Crippen LogP contribution in [0.5, 0.6) is 0 Å². The highest BCUT2D eigenvalue weighted by atomic mass is 16.5. The Bertz CT molecular complexity index is 488. The first kappa shape index (κ1) is 16.0. The summed E-state index contributed by atoms with van der Waals surface area (Å²) >= 11 is 0. The van der Waals surface area contributed by atoms with Gasteiger partial charge in [0.1, 0.15) is 6.04 Å². The highest BCUT2D eigenvalue weighted by Crippen LogP contribution is 2.17. The highest BCUT2D eigenvalue weighted by molar-refractivity contribution is 5.94. The van der Waals surface area contributed by atoms with E-state index in [9.17, 15) is 9.59 Å². The van der Waals surface area contributed by atoms with Gasteiger partial charge in [0.05, 0.1) is 0 Å². The molecule has 0 aromatic heterocycles. The van der Waals surface area contributed by atoms with Crippen LogP contribution in [0.15, 0.2) is 18.2 Å². The second-order valence-electron chi connectivity index (χ2n) is 4.56. The fourth-order valence-corrected chi connectivity index (χ4v) is 1.92. The quantitative estimate of drug-likeness (QED) is 0.624. The van der Waals surface area contributed by atoms with Gasteiger partial charge in [0.2, 0.25) is 5.91 Å². The molecule has 6 heteroatoms. The third kappa shape index (κ3) is 4.55. The third-order valence-electron chi connectivity index (χ3n) is 2.97. The van der Waals surface area contributed by atoms with Crippen molar-refractivity contribution in [2.24, 2.45) is 5.73 Å². The van der Waals surface area contributed by atoms with Crippen molar-refractivity contribution in [3.63, 3.8) is 0 Å². The van der Waals surface area contributed by atoms with E-state index in [4.69, 9.17) is 15.6 Å². The Labute approximate surface area is 117 Å². The number of hydrogen-bond donors (Lipinski definition) is 3. The average molecular weight is 280 g/mol. The summed E-state index contributed by atoms with van der Waals surface area (Å²) in [7, 11) is 1.58. The molecule has 0 heterocycles. The van der Waals surface area contributed by atoms with E-state index in [-0.39, 0.29) is 0 Å². The number of nitrogens with two attached hydrogens (primary N) is 1. The summed E-state index contributed by atoms with van der Waals surface area (Å²) in [6.07, 6.45) is 1.11. The van der Waals surface area contributed by atoms with Crippen LogP contribution in [0.25, 0.3) is 0 Å². The molecule has 1 rings (SSSR count). The zero-order chi connectivity index (χ0) is 15.1. The van der Waals surface area contributed by atoms with Gasteiger partial charge in [-0.2, -0.15) is 0 Å². The van der Waals surface area contributed by atoms with Crippen LogP contribution in [0.1, 0.15) is 28.8 Å². The maximum Gasteiger partial charge on any atom is 0.326 e. The van der Waals surface area contributed by atoms with Crippen LogP contribution in [0.2, 0.25) is 0 Å². The molecule has 0 aliphatic rings. The number of hydrogen-bond acceptors (Lipinski definition) is 4. The molecule has 1 unspecified atom stereocenters. The lowest BCUT2D eigenvalue weighted by atomic mass is 10.1. The molecule has 0 aliphatic carbocycles. The summed E-state index contributed by atoms with van der Waals surface area (Å²) in [6, 6.07) is 4.27. The molecule has 0 spiro atoms. The fraction of sp³-hybridized carbons (Fsp3) is 0.429. The molecule has 6 nitrogen and oxygen atoms in total. The smallest absolute Gasteiger partial charge is 0.326 e. The maximum absolute atomic E-state index is 11.2. The van der Waals surface area contributed by atoms with E-state index in [0.29, 0.717) is 36.3 Å². The molecule has 1 aromatic carbocycles. The Hall–Kier alpha value is -2.08. The molecule has 0 fully saturated rings. The SMILES string of the molecule is COCCCC(Nc1ccc(C(N)=O)c(C)c1)C(=O)O. The molecule has 0 bridgehead atoms. The largest absolute Gasteiger partial charge is 0.480 e. The van der Waals surface area contributed by atoms with Crippen molar-refractivity contribution in [2.75, 3.05) is 19.0 Å². The van der Waals surface area contributed by atoms with Crippen molar-refractivity contribution in [3.05, 3.63) is 29.3 Å². The average Bonchev–Trinajstić information content (AvgIpc) is 2.37. The van der Waals surface area contributed by atoms with Crippen LogP contribution in [-0.2, 0) is 9.53 Å². The molecule has 110 valence electrons. The van der Waals surface area contributed by atoms with E-state index < -0.39 is 17.9 Å². The van der Waals surface area contributed by atoms with E-state index in [2.05, 4.69) is 5.32 Å². The van der Waals surface area contributed by atoms with Gasteiger partial charge in [-0.05, 0) is 43.5 Å². The second-order valence-corrected chi connectivity index (χ2v) is 4.56. The van der Waals surface area contributed by atoms with Gasteiger partial charge in [-0.3, -0.25) is 4.79 Å². The van der Waals surface area contributed by atoms with E-state index in [1.165, 1.54) is 0 Å². The standard InChI is InChI=1S/C14H20N2O4/c1-9-8-10(5-6-11(9)13(15)17)16-12(14(18)19)4-3-7-20-2/h5-6,8,12,16H,3-4,7H2,1-2H3,(H2,15,17)(H,18,19). The van der Waals surface area contributed by atoms with Crippen LogP contribution >= 0.6 is 0 Å². The minimum Gasteiger partial charge on any atom is -0.480 e. The van der Waals surface area contributed by atoms with Crippen LogP contribution in [0, 0.1) is 6.92 Å². The molecule has 0 radical (unpaired) electrons. The van der Waals surface area contributed by atoms with Crippen molar-refractivity contribution >= 4 is 17.6 Å². The summed E-state index contributed by atoms with van der Waals surface area (Å²) in [6.45, 7) is 2.27. The van der Waals surface area contributed by atoms with E-state index >= 15 is 0 Å². The van der Waals surface area contributed by atoms with Gasteiger partial charge < -0.3 is 20.9 Å². The number of carbonyl (C=O) groups excluding carboxylic acids is 1. The number of aliphatic carboxylic acids is 1. The Morgan fingerprint density at radius 3 is 2.65 bits per heavy atom. The number of carboxylic acid groups (broad SMARTS) is 1. The number of methoxy groups -OCH3 is 1. The van der Waals surface area contributed by atoms with Gasteiger partial charge in [0.15, 0.2) is 0 Å². The van der Waals surface area contributed by atoms with Crippen molar-refractivity contribution in [3.8, 4) is 0 Å². The van der Waals surface area contributed by atoms with Crippen LogP contribution in [0.3, 0.4) is 0 Å². The van der Waals surface area contributed by atoms with Crippen LogP contribution in [0.4, 0.5) is 5.69 Å². The molecular weight excluding hydrogens is 260 g/mol. The monoisotopic (exact) mass is 280 g/mol. The zero-order valence-electron chi connectivity index (χ0n) is 11.7. The number of primary amides is 1. The normalized spacial score (nSPS) is 11.9. The first-order chi connectivity index (χ1) is 9.45. The zero-order valence-corrected chi connectivity index (χ0v) is 11.7. The second kappa shape index (κ2) is 7.49. The van der Waals surface area contributed by atoms with Gasteiger partial charge in [-0.1, -0.05) is 0 Å². The van der Waals surface area contributed by atoms with Gasteiger partial charge >= 0.3 is 5.97 Å². The van der Waals surface area contributed by atoms with Crippen LogP contribution in [-0.4, -0.2) is 36.7 Å².